The number of hydrogen-bond donors (Lipinski definition) is 0. The van der Waals surface area contributed by atoms with Gasteiger partial charge in [0, 0.05) is 11.0 Å². The second-order valence-corrected chi connectivity index (χ2v) is 10.1. The highest BCUT2D eigenvalue weighted by Gasteiger charge is 2.23. The summed E-state index contributed by atoms with van der Waals surface area (Å²) in [5.74, 6) is 1.35. The first-order valence-corrected chi connectivity index (χ1v) is 13.7. The van der Waals surface area contributed by atoms with Gasteiger partial charge in [-0.25, -0.2) is 14.4 Å². The fourth-order valence-corrected chi connectivity index (χ4v) is 4.76. The Hall–Kier alpha value is -4.04. The lowest BCUT2D eigenvalue weighted by atomic mass is 10.1. The van der Waals surface area contributed by atoms with Crippen molar-refractivity contribution in [2.45, 2.75) is 36.5 Å². The number of unbranched alkanes of at least 4 members (excludes halogenated alkanes) is 1. The van der Waals surface area contributed by atoms with Gasteiger partial charge in [-0.1, -0.05) is 18.7 Å². The van der Waals surface area contributed by atoms with Crippen LogP contribution >= 0.6 is 11.8 Å². The van der Waals surface area contributed by atoms with E-state index in [4.69, 9.17) is 18.9 Å². The molecule has 1 aliphatic rings. The molecule has 0 aliphatic heterocycles. The van der Waals surface area contributed by atoms with Gasteiger partial charge in [-0.2, -0.15) is 0 Å². The molecule has 0 radical (unpaired) electrons. The average molecular weight is 547 g/mol. The third-order valence-corrected chi connectivity index (χ3v) is 7.19. The van der Waals surface area contributed by atoms with Crippen LogP contribution in [-0.4, -0.2) is 37.4 Å². The van der Waals surface area contributed by atoms with Crippen LogP contribution in [0.25, 0.3) is 0 Å². The maximum absolute atomic E-state index is 12.7. The van der Waals surface area contributed by atoms with Gasteiger partial charge in [0.15, 0.2) is 0 Å². The maximum atomic E-state index is 12.7. The molecule has 1 saturated carbocycles. The lowest BCUT2D eigenvalue weighted by Gasteiger charge is -2.11. The second kappa shape index (κ2) is 13.7. The van der Waals surface area contributed by atoms with Crippen LogP contribution in [0.1, 0.15) is 57.9 Å². The number of rotatable bonds is 13. The van der Waals surface area contributed by atoms with Crippen LogP contribution in [0.2, 0.25) is 0 Å². The van der Waals surface area contributed by atoms with Crippen molar-refractivity contribution in [2.24, 2.45) is 0 Å². The summed E-state index contributed by atoms with van der Waals surface area (Å²) in [5.41, 5.74) is 1.96. The van der Waals surface area contributed by atoms with Crippen molar-refractivity contribution in [2.75, 3.05) is 19.5 Å². The summed E-state index contributed by atoms with van der Waals surface area (Å²) in [5, 5.41) is 0. The number of carbonyl (C=O) groups excluding carboxylic acids is 3. The van der Waals surface area contributed by atoms with Crippen molar-refractivity contribution in [3.8, 4) is 17.2 Å². The van der Waals surface area contributed by atoms with Crippen molar-refractivity contribution in [1.82, 2.24) is 0 Å². The Kier molecular flexibility index (Phi) is 9.80. The predicted octanol–water partition coefficient (Wildman–Crippen LogP) is 6.61. The van der Waals surface area contributed by atoms with Gasteiger partial charge in [-0.05, 0) is 97.5 Å². The molecule has 0 bridgehead atoms. The summed E-state index contributed by atoms with van der Waals surface area (Å²) in [6.07, 6.45) is 5.16. The Bertz CT molecular complexity index is 1310. The molecular formula is C31H30O7S. The smallest absolute Gasteiger partial charge is 0.343 e. The largest absolute Gasteiger partial charge is 0.496 e. The van der Waals surface area contributed by atoms with Crippen LogP contribution in [0.5, 0.6) is 17.2 Å². The van der Waals surface area contributed by atoms with Gasteiger partial charge in [-0.15, -0.1) is 11.8 Å². The molecule has 7 nitrogen and oxygen atoms in total. The normalized spacial score (nSPS) is 12.3. The number of thioether (sulfide) groups is 1. The van der Waals surface area contributed by atoms with Gasteiger partial charge in [0.2, 0.25) is 0 Å². The number of benzene rings is 3. The molecule has 4 rings (SSSR count). The van der Waals surface area contributed by atoms with Gasteiger partial charge in [0.25, 0.3) is 0 Å². The molecule has 0 atom stereocenters. The van der Waals surface area contributed by atoms with E-state index in [0.717, 1.165) is 29.6 Å². The van der Waals surface area contributed by atoms with Gasteiger partial charge in [0.1, 0.15) is 17.2 Å². The van der Waals surface area contributed by atoms with Crippen molar-refractivity contribution < 1.29 is 33.3 Å². The van der Waals surface area contributed by atoms with Crippen molar-refractivity contribution in [3.63, 3.8) is 0 Å². The van der Waals surface area contributed by atoms with E-state index >= 15 is 0 Å². The standard InChI is InChI=1S/C31H30O7S/c1-3-29(32)36-18-4-5-19-39-28-17-12-24(20-27(28)35-2)31(34)38-26-15-10-23(11-16-26)30(33)37-25-13-8-22(9-14-25)21-6-7-21/h3,8-17,20-21H,1,4-7,18-19H2,2H3. The SMILES string of the molecule is C=CC(=O)OCCCCSc1ccc(C(=O)Oc2ccc(C(=O)Oc3ccc(C4CC4)cc3)cc2)cc1OC. The first-order chi connectivity index (χ1) is 19.0. The van der Waals surface area contributed by atoms with Crippen LogP contribution in [0.15, 0.2) is 84.3 Å². The monoisotopic (exact) mass is 546 g/mol. The molecule has 0 aromatic heterocycles. The predicted molar refractivity (Wildman–Crippen MR) is 149 cm³/mol. The van der Waals surface area contributed by atoms with E-state index in [9.17, 15) is 14.4 Å². The van der Waals surface area contributed by atoms with Gasteiger partial charge >= 0.3 is 17.9 Å². The molecule has 0 heterocycles. The zero-order chi connectivity index (χ0) is 27.6. The Balaban J connectivity index is 1.27. The Morgan fingerprint density at radius 1 is 0.872 bits per heavy atom. The van der Waals surface area contributed by atoms with Gasteiger partial charge in [-0.3, -0.25) is 0 Å². The van der Waals surface area contributed by atoms with E-state index in [1.807, 2.05) is 30.3 Å². The lowest BCUT2D eigenvalue weighted by molar-refractivity contribution is -0.137. The van der Waals surface area contributed by atoms with Gasteiger partial charge < -0.3 is 18.9 Å². The number of esters is 3. The molecule has 0 spiro atoms. The summed E-state index contributed by atoms with van der Waals surface area (Å²) in [4.78, 5) is 37.2. The number of carbonyl (C=O) groups is 3. The zero-order valence-corrected chi connectivity index (χ0v) is 22.5. The molecule has 1 fully saturated rings. The third-order valence-electron chi connectivity index (χ3n) is 6.05. The van der Waals surface area contributed by atoms with Crippen LogP contribution in [-0.2, 0) is 9.53 Å². The number of hydrogen-bond acceptors (Lipinski definition) is 8. The number of methoxy groups -OCH3 is 1. The molecule has 0 saturated heterocycles. The summed E-state index contributed by atoms with van der Waals surface area (Å²) < 4.78 is 21.4. The second-order valence-electron chi connectivity index (χ2n) is 8.94. The fourth-order valence-electron chi connectivity index (χ4n) is 3.75. The quantitative estimate of drug-likeness (QED) is 0.0778. The first-order valence-electron chi connectivity index (χ1n) is 12.7. The molecule has 3 aromatic carbocycles. The van der Waals surface area contributed by atoms with Crippen molar-refractivity contribution >= 4 is 29.7 Å². The molecule has 0 N–H and O–H groups in total. The molecule has 39 heavy (non-hydrogen) atoms. The van der Waals surface area contributed by atoms with E-state index in [0.29, 0.717) is 40.9 Å². The molecule has 8 heteroatoms. The summed E-state index contributed by atoms with van der Waals surface area (Å²) in [6, 6.07) is 19.0. The zero-order valence-electron chi connectivity index (χ0n) is 21.7. The fraction of sp³-hybridized carbons (Fsp3) is 0.258. The molecule has 202 valence electrons. The highest BCUT2D eigenvalue weighted by molar-refractivity contribution is 7.99. The minimum atomic E-state index is -0.542. The van der Waals surface area contributed by atoms with E-state index in [-0.39, 0.29) is 0 Å². The highest BCUT2D eigenvalue weighted by Crippen LogP contribution is 2.40. The van der Waals surface area contributed by atoms with Gasteiger partial charge in [0.05, 0.1) is 24.8 Å². The van der Waals surface area contributed by atoms with E-state index < -0.39 is 17.9 Å². The minimum Gasteiger partial charge on any atom is -0.496 e. The molecular weight excluding hydrogens is 516 g/mol. The van der Waals surface area contributed by atoms with Crippen molar-refractivity contribution in [3.05, 3.63) is 96.1 Å². The molecule has 1 aliphatic carbocycles. The summed E-state index contributed by atoms with van der Waals surface area (Å²) >= 11 is 1.59. The molecule has 0 amide bonds. The van der Waals surface area contributed by atoms with E-state index in [2.05, 4.69) is 6.58 Å². The summed E-state index contributed by atoms with van der Waals surface area (Å²) in [7, 11) is 1.54. The van der Waals surface area contributed by atoms with Crippen molar-refractivity contribution in [1.29, 1.82) is 0 Å². The van der Waals surface area contributed by atoms with E-state index in [1.165, 1.54) is 18.4 Å². The molecule has 3 aromatic rings. The van der Waals surface area contributed by atoms with E-state index in [1.54, 1.807) is 55.3 Å². The third kappa shape index (κ3) is 8.22. The van der Waals surface area contributed by atoms with Crippen LogP contribution < -0.4 is 14.2 Å². The lowest BCUT2D eigenvalue weighted by Crippen LogP contribution is -2.10. The average Bonchev–Trinajstić information content (AvgIpc) is 3.81. The van der Waals surface area contributed by atoms with Crippen LogP contribution in [0, 0.1) is 0 Å². The molecule has 0 unspecified atom stereocenters. The maximum Gasteiger partial charge on any atom is 0.343 e. The Morgan fingerprint density at radius 3 is 2.10 bits per heavy atom. The highest BCUT2D eigenvalue weighted by atomic mass is 32.2. The van der Waals surface area contributed by atoms with Crippen LogP contribution in [0.4, 0.5) is 0 Å². The Morgan fingerprint density at radius 2 is 1.49 bits per heavy atom. The number of ether oxygens (including phenoxy) is 4. The Labute approximate surface area is 232 Å². The minimum absolute atomic E-state index is 0.305. The topological polar surface area (TPSA) is 88.1 Å². The summed E-state index contributed by atoms with van der Waals surface area (Å²) in [6.45, 7) is 3.72. The first kappa shape index (κ1) is 28.0. The van der Waals surface area contributed by atoms with Crippen LogP contribution in [0.3, 0.4) is 0 Å².